The van der Waals surface area contributed by atoms with E-state index in [0.29, 0.717) is 18.5 Å². The van der Waals surface area contributed by atoms with E-state index >= 15 is 0 Å². The lowest BCUT2D eigenvalue weighted by Crippen LogP contribution is -2.10. The summed E-state index contributed by atoms with van der Waals surface area (Å²) in [5.74, 6) is 3.16. The molecule has 5 nitrogen and oxygen atoms in total. The topological polar surface area (TPSA) is 55.6 Å². The van der Waals surface area contributed by atoms with Crippen molar-refractivity contribution >= 4 is 16.9 Å². The second-order valence-electron chi connectivity index (χ2n) is 6.88. The van der Waals surface area contributed by atoms with Crippen LogP contribution in [0.2, 0.25) is 0 Å². The fraction of sp³-hybridized carbons (Fsp3) is 0.421. The number of hydrogen-bond acceptors (Lipinski definition) is 4. The van der Waals surface area contributed by atoms with Crippen molar-refractivity contribution in [2.45, 2.75) is 52.1 Å². The van der Waals surface area contributed by atoms with Crippen molar-refractivity contribution in [3.05, 3.63) is 47.7 Å². The number of imidazole rings is 1. The van der Waals surface area contributed by atoms with E-state index in [2.05, 4.69) is 51.9 Å². The van der Waals surface area contributed by atoms with Gasteiger partial charge in [-0.15, -0.1) is 0 Å². The van der Waals surface area contributed by atoms with Gasteiger partial charge in [0.25, 0.3) is 0 Å². The fourth-order valence-electron chi connectivity index (χ4n) is 3.07. The van der Waals surface area contributed by atoms with Crippen molar-refractivity contribution in [3.8, 4) is 0 Å². The highest BCUT2D eigenvalue weighted by Crippen LogP contribution is 2.38. The van der Waals surface area contributed by atoms with E-state index in [1.54, 1.807) is 0 Å². The molecule has 124 valence electrons. The SMILES string of the molecule is Cc1cc(NCc2nc3ccccc3n2C2CC2)nc(C(C)C)n1. The zero-order valence-electron chi connectivity index (χ0n) is 14.5. The molecule has 2 heterocycles. The lowest BCUT2D eigenvalue weighted by molar-refractivity contribution is 0.708. The van der Waals surface area contributed by atoms with Gasteiger partial charge in [-0.25, -0.2) is 15.0 Å². The standard InChI is InChI=1S/C19H23N5/c1-12(2)19-21-13(3)10-17(23-19)20-11-18-22-15-6-4-5-7-16(15)24(18)14-8-9-14/h4-7,10,12,14H,8-9,11H2,1-3H3,(H,20,21,23). The second kappa shape index (κ2) is 5.89. The van der Waals surface area contributed by atoms with Crippen molar-refractivity contribution in [1.29, 1.82) is 0 Å². The Morgan fingerprint density at radius 1 is 1.17 bits per heavy atom. The number of anilines is 1. The van der Waals surface area contributed by atoms with E-state index in [-0.39, 0.29) is 0 Å². The first-order chi connectivity index (χ1) is 11.6. The maximum absolute atomic E-state index is 4.83. The normalized spacial score (nSPS) is 14.5. The Balaban J connectivity index is 1.62. The van der Waals surface area contributed by atoms with Gasteiger partial charge in [0.1, 0.15) is 17.5 Å². The monoisotopic (exact) mass is 321 g/mol. The number of rotatable bonds is 5. The van der Waals surface area contributed by atoms with Gasteiger partial charge in [-0.2, -0.15) is 0 Å². The molecule has 0 atom stereocenters. The number of nitrogens with one attached hydrogen (secondary N) is 1. The maximum Gasteiger partial charge on any atom is 0.133 e. The van der Waals surface area contributed by atoms with E-state index in [1.807, 2.05) is 19.1 Å². The summed E-state index contributed by atoms with van der Waals surface area (Å²) in [6.07, 6.45) is 2.49. The van der Waals surface area contributed by atoms with Crippen LogP contribution in [0.15, 0.2) is 30.3 Å². The Hall–Kier alpha value is -2.43. The van der Waals surface area contributed by atoms with Gasteiger partial charge in [0.05, 0.1) is 17.6 Å². The van der Waals surface area contributed by atoms with Gasteiger partial charge in [-0.05, 0) is 31.9 Å². The number of aromatic nitrogens is 4. The van der Waals surface area contributed by atoms with Crippen LogP contribution >= 0.6 is 0 Å². The molecule has 1 N–H and O–H groups in total. The van der Waals surface area contributed by atoms with Crippen LogP contribution in [-0.4, -0.2) is 19.5 Å². The predicted molar refractivity (Wildman–Crippen MR) is 96.2 cm³/mol. The molecule has 1 aliphatic carbocycles. The first-order valence-electron chi connectivity index (χ1n) is 8.67. The number of benzene rings is 1. The molecule has 0 radical (unpaired) electrons. The van der Waals surface area contributed by atoms with Crippen molar-refractivity contribution in [1.82, 2.24) is 19.5 Å². The van der Waals surface area contributed by atoms with Crippen LogP contribution in [0.3, 0.4) is 0 Å². The minimum Gasteiger partial charge on any atom is -0.363 e. The fourth-order valence-corrected chi connectivity index (χ4v) is 3.07. The van der Waals surface area contributed by atoms with Gasteiger partial charge >= 0.3 is 0 Å². The Kier molecular flexibility index (Phi) is 3.71. The molecule has 0 amide bonds. The minimum absolute atomic E-state index is 0.321. The predicted octanol–water partition coefficient (Wildman–Crippen LogP) is 4.21. The van der Waals surface area contributed by atoms with E-state index in [0.717, 1.165) is 28.7 Å². The summed E-state index contributed by atoms with van der Waals surface area (Å²) < 4.78 is 2.39. The largest absolute Gasteiger partial charge is 0.363 e. The van der Waals surface area contributed by atoms with Crippen LogP contribution in [0.25, 0.3) is 11.0 Å². The molecule has 1 aliphatic rings. The van der Waals surface area contributed by atoms with E-state index in [1.165, 1.54) is 18.4 Å². The molecule has 0 aliphatic heterocycles. The number of hydrogen-bond donors (Lipinski definition) is 1. The lowest BCUT2D eigenvalue weighted by atomic mass is 10.2. The number of aryl methyl sites for hydroxylation is 1. The minimum atomic E-state index is 0.321. The third-order valence-electron chi connectivity index (χ3n) is 4.40. The maximum atomic E-state index is 4.83. The molecule has 0 bridgehead atoms. The Bertz CT molecular complexity index is 877. The van der Waals surface area contributed by atoms with Crippen LogP contribution in [0, 0.1) is 6.92 Å². The van der Waals surface area contributed by atoms with Crippen molar-refractivity contribution in [2.75, 3.05) is 5.32 Å². The van der Waals surface area contributed by atoms with Gasteiger partial charge in [0, 0.05) is 23.7 Å². The van der Waals surface area contributed by atoms with Gasteiger partial charge in [0.15, 0.2) is 0 Å². The van der Waals surface area contributed by atoms with Crippen LogP contribution in [-0.2, 0) is 6.54 Å². The van der Waals surface area contributed by atoms with Crippen molar-refractivity contribution < 1.29 is 0 Å². The van der Waals surface area contributed by atoms with Crippen molar-refractivity contribution in [3.63, 3.8) is 0 Å². The third-order valence-corrected chi connectivity index (χ3v) is 4.40. The van der Waals surface area contributed by atoms with Crippen molar-refractivity contribution in [2.24, 2.45) is 0 Å². The number of para-hydroxylation sites is 2. The van der Waals surface area contributed by atoms with E-state index < -0.39 is 0 Å². The number of fused-ring (bicyclic) bond motifs is 1. The summed E-state index contributed by atoms with van der Waals surface area (Å²) >= 11 is 0. The molecule has 1 aromatic carbocycles. The molecule has 1 fully saturated rings. The van der Waals surface area contributed by atoms with E-state index in [4.69, 9.17) is 4.98 Å². The highest BCUT2D eigenvalue weighted by Gasteiger charge is 2.27. The van der Waals surface area contributed by atoms with Crippen LogP contribution in [0.5, 0.6) is 0 Å². The summed E-state index contributed by atoms with van der Waals surface area (Å²) in [5, 5.41) is 3.45. The van der Waals surface area contributed by atoms with Gasteiger partial charge in [0.2, 0.25) is 0 Å². The zero-order valence-corrected chi connectivity index (χ0v) is 14.5. The molecule has 0 spiro atoms. The Morgan fingerprint density at radius 2 is 1.96 bits per heavy atom. The lowest BCUT2D eigenvalue weighted by Gasteiger charge is -2.11. The molecule has 4 rings (SSSR count). The van der Waals surface area contributed by atoms with Gasteiger partial charge < -0.3 is 9.88 Å². The summed E-state index contributed by atoms with van der Waals surface area (Å²) in [7, 11) is 0. The zero-order chi connectivity index (χ0) is 16.7. The smallest absolute Gasteiger partial charge is 0.133 e. The molecule has 3 aromatic rings. The summed E-state index contributed by atoms with van der Waals surface area (Å²) in [6, 6.07) is 11.0. The molecule has 24 heavy (non-hydrogen) atoms. The van der Waals surface area contributed by atoms with Gasteiger partial charge in [-0.1, -0.05) is 26.0 Å². The first-order valence-corrected chi connectivity index (χ1v) is 8.67. The summed E-state index contributed by atoms with van der Waals surface area (Å²) in [4.78, 5) is 14.0. The summed E-state index contributed by atoms with van der Waals surface area (Å²) in [5.41, 5.74) is 3.30. The Labute approximate surface area is 142 Å². The van der Waals surface area contributed by atoms with Crippen LogP contribution < -0.4 is 5.32 Å². The highest BCUT2D eigenvalue weighted by atomic mass is 15.2. The number of nitrogens with zero attached hydrogens (tertiary/aromatic N) is 4. The molecule has 0 saturated heterocycles. The molecule has 0 unspecified atom stereocenters. The molecule has 2 aromatic heterocycles. The molecule has 5 heteroatoms. The van der Waals surface area contributed by atoms with E-state index in [9.17, 15) is 0 Å². The third kappa shape index (κ3) is 2.86. The first kappa shape index (κ1) is 15.1. The average molecular weight is 321 g/mol. The van der Waals surface area contributed by atoms with Gasteiger partial charge in [-0.3, -0.25) is 0 Å². The molecular formula is C19H23N5. The average Bonchev–Trinajstić information content (AvgIpc) is 3.32. The van der Waals surface area contributed by atoms with Crippen LogP contribution in [0.1, 0.15) is 56.0 Å². The molecule has 1 saturated carbocycles. The Morgan fingerprint density at radius 3 is 2.71 bits per heavy atom. The molecular weight excluding hydrogens is 298 g/mol. The highest BCUT2D eigenvalue weighted by molar-refractivity contribution is 5.76. The quantitative estimate of drug-likeness (QED) is 0.765. The van der Waals surface area contributed by atoms with Crippen LogP contribution in [0.4, 0.5) is 5.82 Å². The summed E-state index contributed by atoms with van der Waals surface area (Å²) in [6.45, 7) is 6.92. The second-order valence-corrected chi connectivity index (χ2v) is 6.88.